The normalized spacial score (nSPS) is 14.6. The zero-order valence-corrected chi connectivity index (χ0v) is 16.8. The average Bonchev–Trinajstić information content (AvgIpc) is 2.72. The van der Waals surface area contributed by atoms with Crippen molar-refractivity contribution in [3.05, 3.63) is 64.7 Å². The van der Waals surface area contributed by atoms with Crippen LogP contribution in [0.1, 0.15) is 27.0 Å². The minimum Gasteiger partial charge on any atom is -0.484 e. The van der Waals surface area contributed by atoms with Crippen LogP contribution in [-0.2, 0) is 11.0 Å². The minimum atomic E-state index is -4.44. The quantitative estimate of drug-likeness (QED) is 0.758. The van der Waals surface area contributed by atoms with Gasteiger partial charge >= 0.3 is 6.18 Å². The van der Waals surface area contributed by atoms with E-state index in [4.69, 9.17) is 4.74 Å². The molecule has 8 heteroatoms. The Morgan fingerprint density at radius 1 is 0.933 bits per heavy atom. The lowest BCUT2D eigenvalue weighted by molar-refractivity contribution is -0.137. The van der Waals surface area contributed by atoms with Crippen molar-refractivity contribution >= 4 is 11.8 Å². The van der Waals surface area contributed by atoms with Crippen molar-refractivity contribution < 1.29 is 27.5 Å². The number of hydrogen-bond acceptors (Lipinski definition) is 3. The van der Waals surface area contributed by atoms with Crippen LogP contribution in [0.3, 0.4) is 0 Å². The SMILES string of the molecule is Cc1ccc(OCC(=O)N2CCN(C(=O)c3ccc(C(F)(F)F)cc3)CC2)c(C)c1. The molecule has 0 N–H and O–H groups in total. The highest BCUT2D eigenvalue weighted by molar-refractivity contribution is 5.94. The largest absolute Gasteiger partial charge is 0.484 e. The van der Waals surface area contributed by atoms with Gasteiger partial charge in [0.1, 0.15) is 5.75 Å². The molecule has 30 heavy (non-hydrogen) atoms. The molecule has 1 aliphatic rings. The third kappa shape index (κ3) is 5.11. The summed E-state index contributed by atoms with van der Waals surface area (Å²) in [6.45, 7) is 5.13. The van der Waals surface area contributed by atoms with Crippen LogP contribution in [0.2, 0.25) is 0 Å². The number of nitrogens with zero attached hydrogens (tertiary/aromatic N) is 2. The summed E-state index contributed by atoms with van der Waals surface area (Å²) < 4.78 is 43.6. The van der Waals surface area contributed by atoms with Gasteiger partial charge in [-0.1, -0.05) is 17.7 Å². The third-order valence-corrected chi connectivity index (χ3v) is 5.06. The van der Waals surface area contributed by atoms with Gasteiger partial charge in [-0.15, -0.1) is 0 Å². The molecule has 1 saturated heterocycles. The molecule has 1 heterocycles. The number of hydrogen-bond donors (Lipinski definition) is 0. The summed E-state index contributed by atoms with van der Waals surface area (Å²) in [7, 11) is 0. The Bertz CT molecular complexity index is 918. The van der Waals surface area contributed by atoms with E-state index < -0.39 is 11.7 Å². The van der Waals surface area contributed by atoms with Crippen molar-refractivity contribution in [3.63, 3.8) is 0 Å². The van der Waals surface area contributed by atoms with Crippen LogP contribution in [0.25, 0.3) is 0 Å². The van der Waals surface area contributed by atoms with E-state index >= 15 is 0 Å². The van der Waals surface area contributed by atoms with Gasteiger partial charge in [-0.3, -0.25) is 9.59 Å². The molecule has 0 aliphatic carbocycles. The first-order valence-electron chi connectivity index (χ1n) is 9.59. The van der Waals surface area contributed by atoms with Crippen LogP contribution in [0, 0.1) is 13.8 Å². The average molecular weight is 420 g/mol. The Kier molecular flexibility index (Phi) is 6.34. The summed E-state index contributed by atoms with van der Waals surface area (Å²) in [6, 6.07) is 9.89. The van der Waals surface area contributed by atoms with Crippen LogP contribution in [0.5, 0.6) is 5.75 Å². The predicted octanol–water partition coefficient (Wildman–Crippen LogP) is 3.69. The maximum Gasteiger partial charge on any atom is 0.416 e. The molecular weight excluding hydrogens is 397 g/mol. The first-order valence-corrected chi connectivity index (χ1v) is 9.59. The molecule has 0 atom stereocenters. The summed E-state index contributed by atoms with van der Waals surface area (Å²) in [5.41, 5.74) is 1.47. The van der Waals surface area contributed by atoms with Crippen molar-refractivity contribution in [2.75, 3.05) is 32.8 Å². The van der Waals surface area contributed by atoms with Gasteiger partial charge in [-0.05, 0) is 49.7 Å². The van der Waals surface area contributed by atoms with Crippen molar-refractivity contribution in [3.8, 4) is 5.75 Å². The second-order valence-electron chi connectivity index (χ2n) is 7.31. The highest BCUT2D eigenvalue weighted by Crippen LogP contribution is 2.29. The molecule has 2 amide bonds. The van der Waals surface area contributed by atoms with Gasteiger partial charge < -0.3 is 14.5 Å². The van der Waals surface area contributed by atoms with Crippen molar-refractivity contribution in [1.82, 2.24) is 9.80 Å². The van der Waals surface area contributed by atoms with Crippen LogP contribution < -0.4 is 4.74 Å². The Morgan fingerprint density at radius 3 is 2.10 bits per heavy atom. The van der Waals surface area contributed by atoms with E-state index in [0.29, 0.717) is 31.9 Å². The number of amides is 2. The van der Waals surface area contributed by atoms with Gasteiger partial charge in [0.15, 0.2) is 6.61 Å². The molecule has 2 aromatic rings. The Balaban J connectivity index is 1.51. The molecule has 0 saturated carbocycles. The lowest BCUT2D eigenvalue weighted by Crippen LogP contribution is -2.51. The third-order valence-electron chi connectivity index (χ3n) is 5.06. The van der Waals surface area contributed by atoms with Gasteiger partial charge in [0, 0.05) is 31.7 Å². The second-order valence-corrected chi connectivity index (χ2v) is 7.31. The number of alkyl halides is 3. The predicted molar refractivity (Wildman–Crippen MR) is 105 cm³/mol. The topological polar surface area (TPSA) is 49.9 Å². The van der Waals surface area contributed by atoms with Gasteiger partial charge in [0.25, 0.3) is 11.8 Å². The molecule has 5 nitrogen and oxygen atoms in total. The Morgan fingerprint density at radius 2 is 1.53 bits per heavy atom. The smallest absolute Gasteiger partial charge is 0.416 e. The van der Waals surface area contributed by atoms with Gasteiger partial charge in [-0.2, -0.15) is 13.2 Å². The number of aryl methyl sites for hydroxylation is 2. The van der Waals surface area contributed by atoms with Crippen molar-refractivity contribution in [2.45, 2.75) is 20.0 Å². The maximum absolute atomic E-state index is 12.7. The van der Waals surface area contributed by atoms with Crippen LogP contribution in [-0.4, -0.2) is 54.4 Å². The van der Waals surface area contributed by atoms with E-state index in [1.54, 1.807) is 4.90 Å². The zero-order valence-electron chi connectivity index (χ0n) is 16.8. The van der Waals surface area contributed by atoms with Crippen molar-refractivity contribution in [2.24, 2.45) is 0 Å². The lowest BCUT2D eigenvalue weighted by Gasteiger charge is -2.34. The summed E-state index contributed by atoms with van der Waals surface area (Å²) in [5.74, 6) is 0.143. The molecule has 0 bridgehead atoms. The Hall–Kier alpha value is -3.03. The first kappa shape index (κ1) is 21.7. The van der Waals surface area contributed by atoms with E-state index in [1.165, 1.54) is 17.0 Å². The lowest BCUT2D eigenvalue weighted by atomic mass is 10.1. The number of ether oxygens (including phenoxy) is 1. The van der Waals surface area contributed by atoms with E-state index in [2.05, 4.69) is 0 Å². The molecule has 0 spiro atoms. The van der Waals surface area contributed by atoms with E-state index in [1.807, 2.05) is 32.0 Å². The second kappa shape index (κ2) is 8.77. The highest BCUT2D eigenvalue weighted by atomic mass is 19.4. The van der Waals surface area contributed by atoms with Gasteiger partial charge in [0.2, 0.25) is 0 Å². The molecule has 160 valence electrons. The molecular formula is C22H23F3N2O3. The van der Waals surface area contributed by atoms with Crippen LogP contribution in [0.4, 0.5) is 13.2 Å². The summed E-state index contributed by atoms with van der Waals surface area (Å²) >= 11 is 0. The molecule has 0 unspecified atom stereocenters. The summed E-state index contributed by atoms with van der Waals surface area (Å²) in [6.07, 6.45) is -4.44. The minimum absolute atomic E-state index is 0.0866. The fourth-order valence-electron chi connectivity index (χ4n) is 3.34. The molecule has 1 aliphatic heterocycles. The molecule has 3 rings (SSSR count). The van der Waals surface area contributed by atoms with Crippen LogP contribution >= 0.6 is 0 Å². The number of benzene rings is 2. The monoisotopic (exact) mass is 420 g/mol. The summed E-state index contributed by atoms with van der Waals surface area (Å²) in [5, 5.41) is 0. The number of piperazine rings is 1. The maximum atomic E-state index is 12.7. The summed E-state index contributed by atoms with van der Waals surface area (Å²) in [4.78, 5) is 28.1. The Labute approximate surface area is 173 Å². The highest BCUT2D eigenvalue weighted by Gasteiger charge is 2.31. The molecule has 0 aromatic heterocycles. The number of carbonyl (C=O) groups excluding carboxylic acids is 2. The number of halogens is 3. The molecule has 2 aromatic carbocycles. The standard InChI is InChI=1S/C22H23F3N2O3/c1-15-3-8-19(16(2)13-15)30-14-20(28)26-9-11-27(12-10-26)21(29)17-4-6-18(7-5-17)22(23,24)25/h3-8,13H,9-12,14H2,1-2H3. The molecule has 1 fully saturated rings. The van der Waals surface area contributed by atoms with Crippen molar-refractivity contribution in [1.29, 1.82) is 0 Å². The zero-order chi connectivity index (χ0) is 21.9. The fourth-order valence-corrected chi connectivity index (χ4v) is 3.34. The van der Waals surface area contributed by atoms with E-state index in [-0.39, 0.29) is 24.0 Å². The number of carbonyl (C=O) groups is 2. The van der Waals surface area contributed by atoms with Gasteiger partial charge in [0.05, 0.1) is 5.56 Å². The van der Waals surface area contributed by atoms with E-state index in [9.17, 15) is 22.8 Å². The van der Waals surface area contributed by atoms with Gasteiger partial charge in [-0.25, -0.2) is 0 Å². The van der Waals surface area contributed by atoms with Crippen LogP contribution in [0.15, 0.2) is 42.5 Å². The fraction of sp³-hybridized carbons (Fsp3) is 0.364. The number of rotatable bonds is 4. The molecule has 0 radical (unpaired) electrons. The first-order chi connectivity index (χ1) is 14.1. The van der Waals surface area contributed by atoms with E-state index in [0.717, 1.165) is 23.3 Å².